The number of hydrogen-bond acceptors (Lipinski definition) is 9. The van der Waals surface area contributed by atoms with Crippen LogP contribution < -0.4 is 0 Å². The van der Waals surface area contributed by atoms with Crippen LogP contribution in [0.2, 0.25) is 0 Å². The van der Waals surface area contributed by atoms with Gasteiger partial charge in [-0.25, -0.2) is 0 Å². The largest absolute Gasteiger partial charge is 0.313 e. The second kappa shape index (κ2) is 2.24. The summed E-state index contributed by atoms with van der Waals surface area (Å²) in [5.74, 6) is 0.0741. The molecule has 2 aromatic rings. The predicted molar refractivity (Wildman–Crippen MR) is 25.9 cm³/mol. The summed E-state index contributed by atoms with van der Waals surface area (Å²) in [5, 5.41) is 29.6. The van der Waals surface area contributed by atoms with Crippen molar-refractivity contribution in [1.82, 2.24) is 51.5 Å². The van der Waals surface area contributed by atoms with Crippen molar-refractivity contribution in [2.75, 3.05) is 0 Å². The maximum atomic E-state index is 3.44. The molecule has 54 valence electrons. The van der Waals surface area contributed by atoms with Crippen LogP contribution in [-0.4, -0.2) is 51.5 Å². The second-order valence-electron chi connectivity index (χ2n) is 1.42. The molecule has 10 nitrogen and oxygen atoms in total. The van der Waals surface area contributed by atoms with Crippen LogP contribution >= 0.6 is 0 Å². The van der Waals surface area contributed by atoms with E-state index in [9.17, 15) is 0 Å². The average Bonchev–Trinajstić information content (AvgIpc) is 2.58. The smallest absolute Gasteiger partial charge is 0.0838 e. The van der Waals surface area contributed by atoms with Crippen LogP contribution in [0.1, 0.15) is 0 Å². The van der Waals surface area contributed by atoms with Gasteiger partial charge in [0.2, 0.25) is 0 Å². The van der Waals surface area contributed by atoms with E-state index < -0.39 is 0 Å². The lowest BCUT2D eigenvalue weighted by Crippen LogP contribution is -2.08. The highest BCUT2D eigenvalue weighted by atomic mass is 15.7. The molecule has 0 aliphatic rings. The van der Waals surface area contributed by atoms with Gasteiger partial charge in [-0.3, -0.25) is 0 Å². The molecule has 0 aliphatic carbocycles. The first-order valence-corrected chi connectivity index (χ1v) is 2.47. The zero-order valence-corrected chi connectivity index (χ0v) is 4.97. The Morgan fingerprint density at radius 2 is 1.36 bits per heavy atom. The predicted octanol–water partition coefficient (Wildman–Crippen LogP) is -2.97. The van der Waals surface area contributed by atoms with Crippen molar-refractivity contribution in [3.8, 4) is 5.95 Å². The lowest BCUT2D eigenvalue weighted by molar-refractivity contribution is 0.586. The molecule has 11 heavy (non-hydrogen) atoms. The number of hydrogen-bond donors (Lipinski definition) is 0. The van der Waals surface area contributed by atoms with Crippen molar-refractivity contribution in [2.24, 2.45) is 0 Å². The van der Waals surface area contributed by atoms with Gasteiger partial charge in [0, 0.05) is 0 Å². The van der Waals surface area contributed by atoms with E-state index in [-0.39, 0.29) is 5.95 Å². The Bertz CT molecular complexity index is 308. The van der Waals surface area contributed by atoms with Crippen molar-refractivity contribution in [2.45, 2.75) is 0 Å². The highest BCUT2D eigenvalue weighted by Gasteiger charge is 2.01. The molecular weight excluding hydrogens is 152 g/mol. The third kappa shape index (κ3) is 0.953. The molecule has 2 rings (SSSR count). The van der Waals surface area contributed by atoms with Gasteiger partial charge in [0.25, 0.3) is 0 Å². The topological polar surface area (TPSA) is 121 Å². The summed E-state index contributed by atoms with van der Waals surface area (Å²) in [4.78, 5) is 0.974. The fourth-order valence-corrected chi connectivity index (χ4v) is 0.447. The third-order valence-corrected chi connectivity index (χ3v) is 0.817. The minimum atomic E-state index is 0.0741. The van der Waals surface area contributed by atoms with E-state index in [1.54, 1.807) is 0 Å². The number of rotatable bonds is 1. The number of nitrogens with zero attached hydrogens (tertiary/aromatic N) is 10. The lowest BCUT2D eigenvalue weighted by Gasteiger charge is -1.86. The van der Waals surface area contributed by atoms with E-state index in [0.29, 0.717) is 0 Å². The van der Waals surface area contributed by atoms with Crippen molar-refractivity contribution >= 4 is 0 Å². The highest BCUT2D eigenvalue weighted by molar-refractivity contribution is 4.92. The van der Waals surface area contributed by atoms with Crippen LogP contribution in [0.5, 0.6) is 0 Å². The summed E-state index contributed by atoms with van der Waals surface area (Å²) in [6.45, 7) is 0. The summed E-state index contributed by atoms with van der Waals surface area (Å²) in [6.07, 6.45) is 0. The molecule has 0 atom stereocenters. The SMILES string of the molecule is n1nnc(-n2nnnn2)nn1. The zero-order chi connectivity index (χ0) is 7.52. The van der Waals surface area contributed by atoms with Gasteiger partial charge in [0.15, 0.2) is 0 Å². The first-order chi connectivity index (χ1) is 5.47. The van der Waals surface area contributed by atoms with E-state index in [4.69, 9.17) is 0 Å². The third-order valence-electron chi connectivity index (χ3n) is 0.817. The molecule has 10 heteroatoms. The molecule has 0 saturated heterocycles. The van der Waals surface area contributed by atoms with Crippen molar-refractivity contribution in [1.29, 1.82) is 0 Å². The van der Waals surface area contributed by atoms with Crippen LogP contribution in [0.15, 0.2) is 0 Å². The first kappa shape index (κ1) is 5.64. The van der Waals surface area contributed by atoms with Crippen LogP contribution in [0.3, 0.4) is 0 Å². The minimum absolute atomic E-state index is 0.0741. The van der Waals surface area contributed by atoms with E-state index >= 15 is 0 Å². The molecule has 0 unspecified atom stereocenters. The van der Waals surface area contributed by atoms with Gasteiger partial charge in [-0.2, -0.15) is 0 Å². The summed E-state index contributed by atoms with van der Waals surface area (Å²) in [5.41, 5.74) is 0. The summed E-state index contributed by atoms with van der Waals surface area (Å²) in [7, 11) is 0. The summed E-state index contributed by atoms with van der Waals surface area (Å²) in [6, 6.07) is 0. The average molecular weight is 152 g/mol. The number of aromatic nitrogens is 10. The molecule has 0 N–H and O–H groups in total. The van der Waals surface area contributed by atoms with E-state index in [2.05, 4.69) is 46.7 Å². The summed E-state index contributed by atoms with van der Waals surface area (Å²) < 4.78 is 0. The Morgan fingerprint density at radius 3 is 2.00 bits per heavy atom. The van der Waals surface area contributed by atoms with Gasteiger partial charge in [-0.1, -0.05) is 15.0 Å². The quantitative estimate of drug-likeness (QED) is 0.421. The Kier molecular flexibility index (Phi) is 1.15. The van der Waals surface area contributed by atoms with E-state index in [1.165, 1.54) is 0 Å². The molecule has 0 radical (unpaired) electrons. The Morgan fingerprint density at radius 1 is 0.727 bits per heavy atom. The molecule has 2 heterocycles. The van der Waals surface area contributed by atoms with Crippen molar-refractivity contribution < 1.29 is 0 Å². The molecule has 0 bridgehead atoms. The second-order valence-corrected chi connectivity index (χ2v) is 1.42. The van der Waals surface area contributed by atoms with Gasteiger partial charge in [-0.15, -0.1) is 0 Å². The van der Waals surface area contributed by atoms with Crippen molar-refractivity contribution in [3.05, 3.63) is 0 Å². The van der Waals surface area contributed by atoms with Crippen LogP contribution in [0, 0.1) is 0 Å². The van der Waals surface area contributed by atoms with Gasteiger partial charge in [0.1, 0.15) is 0 Å². The lowest BCUT2D eigenvalue weighted by atomic mass is 11.1. The molecule has 0 amide bonds. The van der Waals surface area contributed by atoms with Crippen molar-refractivity contribution in [3.63, 3.8) is 0 Å². The Labute approximate surface area is 58.6 Å². The minimum Gasteiger partial charge on any atom is -0.0838 e. The van der Waals surface area contributed by atoms with E-state index in [1.807, 2.05) is 0 Å². The fourth-order valence-electron chi connectivity index (χ4n) is 0.447. The zero-order valence-electron chi connectivity index (χ0n) is 4.97. The normalized spacial score (nSPS) is 9.82. The molecule has 0 spiro atoms. The van der Waals surface area contributed by atoms with Crippen LogP contribution in [0.4, 0.5) is 0 Å². The standard InChI is InChI=1S/CN10/c2-1(3-5-6-4-2)11-9-7-8-10-11. The van der Waals surface area contributed by atoms with Crippen LogP contribution in [-0.2, 0) is 0 Å². The van der Waals surface area contributed by atoms with Crippen LogP contribution in [0.25, 0.3) is 5.95 Å². The van der Waals surface area contributed by atoms with Gasteiger partial charge >= 0.3 is 5.95 Å². The first-order valence-electron chi connectivity index (χ1n) is 2.47. The molecular formula is CN10. The van der Waals surface area contributed by atoms with Gasteiger partial charge < -0.3 is 0 Å². The fraction of sp³-hybridized carbons (Fsp3) is 0. The molecule has 2 aromatic heterocycles. The molecule has 0 fully saturated rings. The van der Waals surface area contributed by atoms with Gasteiger partial charge in [-0.05, 0) is 36.5 Å². The Balaban J connectivity index is 2.46. The van der Waals surface area contributed by atoms with Gasteiger partial charge in [0.05, 0.1) is 0 Å². The maximum Gasteiger partial charge on any atom is 0.313 e. The summed E-state index contributed by atoms with van der Waals surface area (Å²) >= 11 is 0. The maximum absolute atomic E-state index is 3.44. The molecule has 0 saturated carbocycles. The van der Waals surface area contributed by atoms with E-state index in [0.717, 1.165) is 4.80 Å². The molecule has 0 aliphatic heterocycles. The highest BCUT2D eigenvalue weighted by Crippen LogP contribution is 1.82. The molecule has 0 aromatic carbocycles. The monoisotopic (exact) mass is 152 g/mol. The Hall–Kier alpha value is -2.13.